The lowest BCUT2D eigenvalue weighted by Crippen LogP contribution is -2.39. The topological polar surface area (TPSA) is 77.8 Å². The van der Waals surface area contributed by atoms with Crippen LogP contribution in [0.3, 0.4) is 0 Å². The van der Waals surface area contributed by atoms with Gasteiger partial charge in [0.15, 0.2) is 5.76 Å². The minimum Gasteiger partial charge on any atom is -0.489 e. The third-order valence-electron chi connectivity index (χ3n) is 2.93. The van der Waals surface area contributed by atoms with Crippen LogP contribution in [0.4, 0.5) is 0 Å². The van der Waals surface area contributed by atoms with E-state index in [1.165, 1.54) is 19.3 Å². The molecular weight excluding hydrogens is 402 g/mol. The van der Waals surface area contributed by atoms with Gasteiger partial charge in [0.1, 0.15) is 25.0 Å². The standard InChI is InChI=1S/C16H15BrClNO5/c1-10(19-15(20)14-3-2-6-22-14)16(21)24-8-7-23-13-5-4-11(18)9-12(13)17/h2-6,9-10H,7-8H2,1H3,(H,19,20)/t10-/m0/s1. The Morgan fingerprint density at radius 3 is 2.79 bits per heavy atom. The molecule has 0 saturated carbocycles. The molecule has 6 nitrogen and oxygen atoms in total. The van der Waals surface area contributed by atoms with Crippen LogP contribution in [-0.4, -0.2) is 31.1 Å². The zero-order valence-corrected chi connectivity index (χ0v) is 15.1. The lowest BCUT2D eigenvalue weighted by molar-refractivity contribution is -0.146. The van der Waals surface area contributed by atoms with Gasteiger partial charge in [-0.15, -0.1) is 0 Å². The monoisotopic (exact) mass is 415 g/mol. The molecule has 0 fully saturated rings. The second-order valence-corrected chi connectivity index (χ2v) is 6.05. The van der Waals surface area contributed by atoms with Crippen molar-refractivity contribution < 1.29 is 23.5 Å². The van der Waals surface area contributed by atoms with E-state index in [9.17, 15) is 9.59 Å². The summed E-state index contributed by atoms with van der Waals surface area (Å²) >= 11 is 9.16. The van der Waals surface area contributed by atoms with Crippen LogP contribution in [0, 0.1) is 0 Å². The smallest absolute Gasteiger partial charge is 0.328 e. The molecule has 0 aliphatic heterocycles. The first kappa shape index (κ1) is 18.4. The molecule has 0 aliphatic rings. The van der Waals surface area contributed by atoms with Crippen molar-refractivity contribution in [3.05, 3.63) is 51.9 Å². The van der Waals surface area contributed by atoms with Crippen LogP contribution in [0.15, 0.2) is 45.5 Å². The van der Waals surface area contributed by atoms with Crippen molar-refractivity contribution in [3.8, 4) is 5.75 Å². The Morgan fingerprint density at radius 2 is 2.12 bits per heavy atom. The second-order valence-electron chi connectivity index (χ2n) is 4.76. The normalized spacial score (nSPS) is 11.6. The highest BCUT2D eigenvalue weighted by atomic mass is 79.9. The first-order valence-electron chi connectivity index (χ1n) is 7.06. The molecule has 0 unspecified atom stereocenters. The van der Waals surface area contributed by atoms with E-state index >= 15 is 0 Å². The van der Waals surface area contributed by atoms with E-state index in [1.807, 2.05) is 0 Å². The molecule has 0 saturated heterocycles. The first-order valence-corrected chi connectivity index (χ1v) is 8.23. The average Bonchev–Trinajstić information content (AvgIpc) is 3.07. The van der Waals surface area contributed by atoms with Gasteiger partial charge in [-0.05, 0) is 53.2 Å². The number of esters is 1. The molecule has 0 aliphatic carbocycles. The minimum atomic E-state index is -0.801. The number of hydrogen-bond donors (Lipinski definition) is 1. The summed E-state index contributed by atoms with van der Waals surface area (Å²) in [5.74, 6) is -0.320. The van der Waals surface area contributed by atoms with Crippen molar-refractivity contribution >= 4 is 39.4 Å². The van der Waals surface area contributed by atoms with Crippen molar-refractivity contribution in [1.29, 1.82) is 0 Å². The number of hydrogen-bond acceptors (Lipinski definition) is 5. The molecule has 0 spiro atoms. The zero-order valence-electron chi connectivity index (χ0n) is 12.8. The highest BCUT2D eigenvalue weighted by Crippen LogP contribution is 2.27. The summed E-state index contributed by atoms with van der Waals surface area (Å²) in [6, 6.07) is 7.40. The van der Waals surface area contributed by atoms with Crippen molar-refractivity contribution in [3.63, 3.8) is 0 Å². The maximum Gasteiger partial charge on any atom is 0.328 e. The van der Waals surface area contributed by atoms with E-state index in [1.54, 1.807) is 24.3 Å². The predicted molar refractivity (Wildman–Crippen MR) is 91.2 cm³/mol. The largest absolute Gasteiger partial charge is 0.489 e. The molecule has 1 atom stereocenters. The van der Waals surface area contributed by atoms with Crippen LogP contribution < -0.4 is 10.1 Å². The van der Waals surface area contributed by atoms with Crippen LogP contribution in [0.2, 0.25) is 5.02 Å². The molecule has 0 radical (unpaired) electrons. The molecule has 2 rings (SSSR count). The Balaban J connectivity index is 1.71. The molecule has 1 aromatic carbocycles. The van der Waals surface area contributed by atoms with Gasteiger partial charge >= 0.3 is 5.97 Å². The van der Waals surface area contributed by atoms with Crippen LogP contribution >= 0.6 is 27.5 Å². The van der Waals surface area contributed by atoms with E-state index < -0.39 is 17.9 Å². The molecule has 1 N–H and O–H groups in total. The Morgan fingerprint density at radius 1 is 1.33 bits per heavy atom. The molecule has 1 heterocycles. The van der Waals surface area contributed by atoms with Crippen molar-refractivity contribution in [1.82, 2.24) is 5.32 Å². The number of rotatable bonds is 7. The highest BCUT2D eigenvalue weighted by molar-refractivity contribution is 9.10. The SMILES string of the molecule is C[C@H](NC(=O)c1ccco1)C(=O)OCCOc1ccc(Cl)cc1Br. The minimum absolute atomic E-state index is 0.0505. The van der Waals surface area contributed by atoms with E-state index in [-0.39, 0.29) is 19.0 Å². The Kier molecular flexibility index (Phi) is 6.69. The van der Waals surface area contributed by atoms with Gasteiger partial charge in [-0.2, -0.15) is 0 Å². The van der Waals surface area contributed by atoms with Crippen LogP contribution in [0.25, 0.3) is 0 Å². The summed E-state index contributed by atoms with van der Waals surface area (Å²) in [7, 11) is 0. The summed E-state index contributed by atoms with van der Waals surface area (Å²) in [6.07, 6.45) is 1.38. The third kappa shape index (κ3) is 5.28. The lowest BCUT2D eigenvalue weighted by atomic mass is 10.3. The summed E-state index contributed by atoms with van der Waals surface area (Å²) in [4.78, 5) is 23.6. The van der Waals surface area contributed by atoms with Gasteiger partial charge < -0.3 is 19.2 Å². The van der Waals surface area contributed by atoms with Crippen molar-refractivity contribution in [2.24, 2.45) is 0 Å². The molecule has 1 amide bonds. The van der Waals surface area contributed by atoms with Gasteiger partial charge in [0.05, 0.1) is 10.7 Å². The molecular formula is C16H15BrClNO5. The highest BCUT2D eigenvalue weighted by Gasteiger charge is 2.19. The Hall–Kier alpha value is -1.99. The van der Waals surface area contributed by atoms with E-state index in [0.717, 1.165) is 0 Å². The molecule has 2 aromatic rings. The number of halogens is 2. The van der Waals surface area contributed by atoms with Gasteiger partial charge in [0, 0.05) is 5.02 Å². The van der Waals surface area contributed by atoms with Crippen LogP contribution in [0.1, 0.15) is 17.5 Å². The predicted octanol–water partition coefficient (Wildman–Crippen LogP) is 3.44. The maximum atomic E-state index is 11.8. The molecule has 1 aromatic heterocycles. The Bertz CT molecular complexity index is 704. The van der Waals surface area contributed by atoms with Gasteiger partial charge in [0.25, 0.3) is 5.91 Å². The Labute approximate surface area is 152 Å². The fourth-order valence-corrected chi connectivity index (χ4v) is 2.54. The summed E-state index contributed by atoms with van der Waals surface area (Å²) in [6.45, 7) is 1.75. The number of carbonyl (C=O) groups excluding carboxylic acids is 2. The van der Waals surface area contributed by atoms with Gasteiger partial charge in [-0.3, -0.25) is 4.79 Å². The molecule has 8 heteroatoms. The number of benzene rings is 1. The lowest BCUT2D eigenvalue weighted by Gasteiger charge is -2.13. The zero-order chi connectivity index (χ0) is 17.5. The fourth-order valence-electron chi connectivity index (χ4n) is 1.75. The fraction of sp³-hybridized carbons (Fsp3) is 0.250. The number of ether oxygens (including phenoxy) is 2. The van der Waals surface area contributed by atoms with Crippen molar-refractivity contribution in [2.45, 2.75) is 13.0 Å². The number of furan rings is 1. The maximum absolute atomic E-state index is 11.8. The molecule has 0 bridgehead atoms. The van der Waals surface area contributed by atoms with Gasteiger partial charge in [-0.1, -0.05) is 11.6 Å². The summed E-state index contributed by atoms with van der Waals surface area (Å²) in [5, 5.41) is 3.07. The quantitative estimate of drug-likeness (QED) is 0.553. The number of carbonyl (C=O) groups is 2. The van der Waals surface area contributed by atoms with E-state index in [2.05, 4.69) is 21.2 Å². The van der Waals surface area contributed by atoms with Gasteiger partial charge in [0.2, 0.25) is 0 Å². The second kappa shape index (κ2) is 8.75. The van der Waals surface area contributed by atoms with Gasteiger partial charge in [-0.25, -0.2) is 4.79 Å². The average molecular weight is 417 g/mol. The summed E-state index contributed by atoms with van der Waals surface area (Å²) < 4.78 is 16.2. The third-order valence-corrected chi connectivity index (χ3v) is 3.78. The van der Waals surface area contributed by atoms with Crippen LogP contribution in [0.5, 0.6) is 5.75 Å². The van der Waals surface area contributed by atoms with E-state index in [0.29, 0.717) is 15.2 Å². The number of amides is 1. The van der Waals surface area contributed by atoms with E-state index in [4.69, 9.17) is 25.5 Å². The first-order chi connectivity index (χ1) is 11.5. The summed E-state index contributed by atoms with van der Waals surface area (Å²) in [5.41, 5.74) is 0. The molecule has 24 heavy (non-hydrogen) atoms. The number of nitrogens with one attached hydrogen (secondary N) is 1. The van der Waals surface area contributed by atoms with Crippen molar-refractivity contribution in [2.75, 3.05) is 13.2 Å². The molecule has 128 valence electrons. The van der Waals surface area contributed by atoms with Crippen LogP contribution in [-0.2, 0) is 9.53 Å².